The fraction of sp³-hybridized carbons (Fsp3) is 0.481. The van der Waals surface area contributed by atoms with Crippen LogP contribution in [0.5, 0.6) is 0 Å². The summed E-state index contributed by atoms with van der Waals surface area (Å²) in [6.07, 6.45) is 6.67. The highest BCUT2D eigenvalue weighted by Crippen LogP contribution is 2.31. The number of anilines is 1. The lowest BCUT2D eigenvalue weighted by molar-refractivity contribution is 0.135. The van der Waals surface area contributed by atoms with E-state index in [1.165, 1.54) is 50.9 Å². The first-order valence-corrected chi connectivity index (χ1v) is 12.8. The number of H-pyrrole nitrogens is 2. The molecule has 2 aliphatic heterocycles. The van der Waals surface area contributed by atoms with Gasteiger partial charge in [0, 0.05) is 36.8 Å². The van der Waals surface area contributed by atoms with Crippen LogP contribution in [0.15, 0.2) is 36.4 Å². The van der Waals surface area contributed by atoms with Crippen LogP contribution in [0.4, 0.5) is 5.69 Å². The first-order chi connectivity index (χ1) is 16.8. The first-order valence-electron chi connectivity index (χ1n) is 12.8. The van der Waals surface area contributed by atoms with Crippen molar-refractivity contribution in [2.24, 2.45) is 0 Å². The van der Waals surface area contributed by atoms with Crippen LogP contribution < -0.4 is 4.90 Å². The third kappa shape index (κ3) is 4.07. The molecule has 2 aromatic heterocycles. The Morgan fingerprint density at radius 1 is 1.00 bits per heavy atom. The Kier molecular flexibility index (Phi) is 5.97. The van der Waals surface area contributed by atoms with Gasteiger partial charge in [-0.2, -0.15) is 5.10 Å². The lowest BCUT2D eigenvalue weighted by atomic mass is 9.99. The van der Waals surface area contributed by atoms with Crippen molar-refractivity contribution in [1.29, 1.82) is 0 Å². The number of hydrogen-bond acceptors (Lipinski definition) is 5. The molecular formula is C27H34N6O. The second kappa shape index (κ2) is 9.39. The highest BCUT2D eigenvalue weighted by molar-refractivity contribution is 5.95. The molecule has 7 heteroatoms. The Morgan fingerprint density at radius 3 is 2.68 bits per heavy atom. The summed E-state index contributed by atoms with van der Waals surface area (Å²) in [5.41, 5.74) is 6.30. The van der Waals surface area contributed by atoms with Crippen molar-refractivity contribution in [3.05, 3.63) is 42.0 Å². The predicted octanol–water partition coefficient (Wildman–Crippen LogP) is 5.10. The molecule has 4 heterocycles. The Hall–Kier alpha value is -2.90. The van der Waals surface area contributed by atoms with Gasteiger partial charge < -0.3 is 19.5 Å². The van der Waals surface area contributed by atoms with E-state index in [1.807, 2.05) is 13.0 Å². The largest absolute Gasteiger partial charge is 0.377 e. The van der Waals surface area contributed by atoms with Crippen LogP contribution in [0, 0.1) is 0 Å². The maximum atomic E-state index is 5.70. The molecule has 0 amide bonds. The number of piperidine rings is 2. The molecule has 34 heavy (non-hydrogen) atoms. The molecule has 2 saturated heterocycles. The highest BCUT2D eigenvalue weighted by atomic mass is 16.5. The summed E-state index contributed by atoms with van der Waals surface area (Å²) in [7, 11) is 0. The molecule has 2 aromatic carbocycles. The summed E-state index contributed by atoms with van der Waals surface area (Å²) >= 11 is 0. The van der Waals surface area contributed by atoms with Crippen molar-refractivity contribution in [3.63, 3.8) is 0 Å². The van der Waals surface area contributed by atoms with Gasteiger partial charge in [0.05, 0.1) is 23.2 Å². The smallest absolute Gasteiger partial charge is 0.159 e. The molecule has 0 bridgehead atoms. The maximum absolute atomic E-state index is 5.70. The highest BCUT2D eigenvalue weighted by Gasteiger charge is 2.26. The van der Waals surface area contributed by atoms with E-state index in [1.54, 1.807) is 0 Å². The van der Waals surface area contributed by atoms with Crippen molar-refractivity contribution >= 4 is 27.6 Å². The monoisotopic (exact) mass is 458 g/mol. The van der Waals surface area contributed by atoms with E-state index < -0.39 is 0 Å². The average molecular weight is 459 g/mol. The van der Waals surface area contributed by atoms with E-state index in [0.717, 1.165) is 58.1 Å². The topological polar surface area (TPSA) is 73.1 Å². The first kappa shape index (κ1) is 21.6. The number of aromatic amines is 2. The number of aromatic nitrogens is 4. The number of hydrogen-bond donors (Lipinski definition) is 2. The van der Waals surface area contributed by atoms with E-state index in [0.29, 0.717) is 13.2 Å². The molecule has 6 rings (SSSR count). The molecule has 4 aromatic rings. The zero-order valence-electron chi connectivity index (χ0n) is 20.0. The van der Waals surface area contributed by atoms with Crippen molar-refractivity contribution in [3.8, 4) is 11.5 Å². The molecule has 2 fully saturated rings. The summed E-state index contributed by atoms with van der Waals surface area (Å²) in [6.45, 7) is 8.11. The SMILES string of the molecule is CCOCc1cccc2[nH]nc(-c3nc4ccc(N5CCC(N6CCCCC6)CC5)cc4[nH]3)c12. The molecule has 0 saturated carbocycles. The van der Waals surface area contributed by atoms with Crippen LogP contribution in [-0.4, -0.2) is 63.9 Å². The van der Waals surface area contributed by atoms with Gasteiger partial charge in [-0.25, -0.2) is 4.98 Å². The molecule has 178 valence electrons. The van der Waals surface area contributed by atoms with Crippen molar-refractivity contribution in [2.45, 2.75) is 51.7 Å². The van der Waals surface area contributed by atoms with E-state index >= 15 is 0 Å². The molecular weight excluding hydrogens is 424 g/mol. The number of benzene rings is 2. The molecule has 0 radical (unpaired) electrons. The van der Waals surface area contributed by atoms with E-state index in [2.05, 4.69) is 55.3 Å². The van der Waals surface area contributed by atoms with Crippen LogP contribution in [0.25, 0.3) is 33.5 Å². The standard InChI is InChI=1S/C27H34N6O/c1-2-34-18-19-7-6-8-23-25(19)26(31-30-23)27-28-22-10-9-21(17-24(22)29-27)33-15-11-20(12-16-33)32-13-4-3-5-14-32/h6-10,17,20H,2-5,11-16,18H2,1H3,(H,28,29)(H,30,31). The minimum Gasteiger partial charge on any atom is -0.377 e. The Bertz CT molecular complexity index is 1260. The molecule has 2 aliphatic rings. The van der Waals surface area contributed by atoms with Crippen molar-refractivity contribution in [2.75, 3.05) is 37.7 Å². The van der Waals surface area contributed by atoms with Crippen molar-refractivity contribution < 1.29 is 4.74 Å². The van der Waals surface area contributed by atoms with E-state index in [-0.39, 0.29) is 0 Å². The van der Waals surface area contributed by atoms with Gasteiger partial charge >= 0.3 is 0 Å². The minimum absolute atomic E-state index is 0.568. The summed E-state index contributed by atoms with van der Waals surface area (Å²) in [5.74, 6) is 0.797. The van der Waals surface area contributed by atoms with Gasteiger partial charge in [0.2, 0.25) is 0 Å². The number of nitrogens with zero attached hydrogens (tertiary/aromatic N) is 4. The Morgan fingerprint density at radius 2 is 1.85 bits per heavy atom. The number of nitrogens with one attached hydrogen (secondary N) is 2. The zero-order chi connectivity index (χ0) is 22.9. The lowest BCUT2D eigenvalue weighted by Crippen LogP contribution is -2.46. The van der Waals surface area contributed by atoms with Crippen LogP contribution in [0.1, 0.15) is 44.6 Å². The quantitative estimate of drug-likeness (QED) is 0.421. The van der Waals surface area contributed by atoms with Gasteiger partial charge in [-0.3, -0.25) is 5.10 Å². The van der Waals surface area contributed by atoms with Gasteiger partial charge in [0.15, 0.2) is 5.82 Å². The lowest BCUT2D eigenvalue weighted by Gasteiger charge is -2.41. The third-order valence-corrected chi connectivity index (χ3v) is 7.56. The maximum Gasteiger partial charge on any atom is 0.159 e. The Labute approximate surface area is 200 Å². The molecule has 0 atom stereocenters. The fourth-order valence-corrected chi connectivity index (χ4v) is 5.73. The molecule has 0 unspecified atom stereocenters. The molecule has 2 N–H and O–H groups in total. The number of likely N-dealkylation sites (tertiary alicyclic amines) is 1. The fourth-order valence-electron chi connectivity index (χ4n) is 5.73. The number of rotatable bonds is 6. The zero-order valence-corrected chi connectivity index (χ0v) is 20.0. The second-order valence-corrected chi connectivity index (χ2v) is 9.65. The number of imidazole rings is 1. The second-order valence-electron chi connectivity index (χ2n) is 9.65. The van der Waals surface area contributed by atoms with Crippen LogP contribution >= 0.6 is 0 Å². The number of ether oxygens (including phenoxy) is 1. The summed E-state index contributed by atoms with van der Waals surface area (Å²) in [6, 6.07) is 13.6. The normalized spacial score (nSPS) is 18.3. The van der Waals surface area contributed by atoms with Crippen LogP contribution in [0.2, 0.25) is 0 Å². The van der Waals surface area contributed by atoms with Gasteiger partial charge in [-0.1, -0.05) is 18.6 Å². The van der Waals surface area contributed by atoms with E-state index in [4.69, 9.17) is 9.72 Å². The summed E-state index contributed by atoms with van der Waals surface area (Å²) in [5, 5.41) is 8.85. The minimum atomic E-state index is 0.568. The van der Waals surface area contributed by atoms with Gasteiger partial charge in [0.1, 0.15) is 5.69 Å². The molecule has 0 spiro atoms. The predicted molar refractivity (Wildman–Crippen MR) is 137 cm³/mol. The van der Waals surface area contributed by atoms with Gasteiger partial charge in [-0.15, -0.1) is 0 Å². The average Bonchev–Trinajstić information content (AvgIpc) is 3.52. The summed E-state index contributed by atoms with van der Waals surface area (Å²) < 4.78 is 5.70. The third-order valence-electron chi connectivity index (χ3n) is 7.56. The van der Waals surface area contributed by atoms with Crippen LogP contribution in [-0.2, 0) is 11.3 Å². The van der Waals surface area contributed by atoms with Gasteiger partial charge in [0.25, 0.3) is 0 Å². The number of fused-ring (bicyclic) bond motifs is 2. The summed E-state index contributed by atoms with van der Waals surface area (Å²) in [4.78, 5) is 13.7. The van der Waals surface area contributed by atoms with E-state index in [9.17, 15) is 0 Å². The van der Waals surface area contributed by atoms with Crippen molar-refractivity contribution in [1.82, 2.24) is 25.1 Å². The van der Waals surface area contributed by atoms with Crippen LogP contribution in [0.3, 0.4) is 0 Å². The van der Waals surface area contributed by atoms with Gasteiger partial charge in [-0.05, 0) is 75.5 Å². The molecule has 7 nitrogen and oxygen atoms in total. The Balaban J connectivity index is 1.24. The molecule has 0 aliphatic carbocycles.